The van der Waals surface area contributed by atoms with Crippen LogP contribution in [-0.2, 0) is 9.53 Å². The Labute approximate surface area is 155 Å². The van der Waals surface area contributed by atoms with Crippen molar-refractivity contribution in [3.8, 4) is 12.3 Å². The van der Waals surface area contributed by atoms with Crippen LogP contribution in [0.4, 0.5) is 0 Å². The van der Waals surface area contributed by atoms with E-state index in [1.807, 2.05) is 60.7 Å². The van der Waals surface area contributed by atoms with Crippen LogP contribution >= 0.6 is 0 Å². The summed E-state index contributed by atoms with van der Waals surface area (Å²) in [6.45, 7) is 5.81. The van der Waals surface area contributed by atoms with Gasteiger partial charge in [-0.05, 0) is 6.92 Å². The highest BCUT2D eigenvalue weighted by molar-refractivity contribution is 6.13. The molecule has 3 nitrogen and oxygen atoms in total. The van der Waals surface area contributed by atoms with E-state index in [2.05, 4.69) is 12.5 Å². The molecule has 0 aromatic heterocycles. The Morgan fingerprint density at radius 2 is 1.69 bits per heavy atom. The van der Waals surface area contributed by atoms with Gasteiger partial charge < -0.3 is 4.74 Å². The Balaban J connectivity index is 2.68. The summed E-state index contributed by atoms with van der Waals surface area (Å²) < 4.78 is 5.30. The minimum Gasteiger partial charge on any atom is -0.464 e. The number of hydrogen-bond donors (Lipinski definition) is 0. The normalized spacial score (nSPS) is 12.3. The SMILES string of the molecule is C#CCC(CC=C)(N=C(c1ccccc1)c1ccccc1)C(=O)OCC. The third-order valence-corrected chi connectivity index (χ3v) is 3.95. The van der Waals surface area contributed by atoms with Crippen molar-refractivity contribution in [1.82, 2.24) is 0 Å². The second kappa shape index (κ2) is 9.39. The number of hydrogen-bond acceptors (Lipinski definition) is 3. The van der Waals surface area contributed by atoms with E-state index in [-0.39, 0.29) is 13.0 Å². The van der Waals surface area contributed by atoms with Crippen LogP contribution in [0.25, 0.3) is 0 Å². The Hall–Kier alpha value is -3.12. The molecule has 2 rings (SSSR count). The third-order valence-electron chi connectivity index (χ3n) is 3.95. The van der Waals surface area contributed by atoms with E-state index >= 15 is 0 Å². The number of ether oxygens (including phenoxy) is 1. The van der Waals surface area contributed by atoms with Crippen LogP contribution in [0.5, 0.6) is 0 Å². The zero-order valence-corrected chi connectivity index (χ0v) is 15.0. The van der Waals surface area contributed by atoms with Crippen LogP contribution in [0.3, 0.4) is 0 Å². The van der Waals surface area contributed by atoms with Crippen molar-refractivity contribution in [2.24, 2.45) is 4.99 Å². The molecule has 0 aliphatic carbocycles. The fourth-order valence-corrected chi connectivity index (χ4v) is 2.73. The average Bonchev–Trinajstić information content (AvgIpc) is 2.68. The van der Waals surface area contributed by atoms with E-state index in [1.165, 1.54) is 0 Å². The number of rotatable bonds is 8. The van der Waals surface area contributed by atoms with Gasteiger partial charge in [-0.1, -0.05) is 66.7 Å². The third kappa shape index (κ3) is 4.49. The van der Waals surface area contributed by atoms with Gasteiger partial charge in [-0.15, -0.1) is 18.9 Å². The van der Waals surface area contributed by atoms with Gasteiger partial charge in [0, 0.05) is 24.0 Å². The summed E-state index contributed by atoms with van der Waals surface area (Å²) in [7, 11) is 0. The van der Waals surface area contributed by atoms with E-state index in [0.717, 1.165) is 11.1 Å². The van der Waals surface area contributed by atoms with Crippen molar-refractivity contribution < 1.29 is 9.53 Å². The molecule has 0 amide bonds. The monoisotopic (exact) mass is 345 g/mol. The Kier molecular flexibility index (Phi) is 6.93. The molecule has 1 unspecified atom stereocenters. The lowest BCUT2D eigenvalue weighted by Crippen LogP contribution is -2.39. The molecule has 0 saturated heterocycles. The average molecular weight is 345 g/mol. The summed E-state index contributed by atoms with van der Waals surface area (Å²) >= 11 is 0. The van der Waals surface area contributed by atoms with Crippen LogP contribution in [0.2, 0.25) is 0 Å². The molecule has 1 atom stereocenters. The molecule has 0 saturated carbocycles. The predicted molar refractivity (Wildman–Crippen MR) is 106 cm³/mol. The van der Waals surface area contributed by atoms with E-state index < -0.39 is 11.5 Å². The van der Waals surface area contributed by atoms with Gasteiger partial charge >= 0.3 is 5.97 Å². The van der Waals surface area contributed by atoms with Crippen LogP contribution in [0.1, 0.15) is 30.9 Å². The number of esters is 1. The number of carbonyl (C=O) groups is 1. The van der Waals surface area contributed by atoms with Gasteiger partial charge in [0.2, 0.25) is 0 Å². The zero-order chi connectivity index (χ0) is 18.8. The maximum absolute atomic E-state index is 12.8. The molecule has 0 N–H and O–H groups in total. The minimum absolute atomic E-state index is 0.140. The number of nitrogens with zero attached hydrogens (tertiary/aromatic N) is 1. The molecule has 0 heterocycles. The van der Waals surface area contributed by atoms with Crippen molar-refractivity contribution >= 4 is 11.7 Å². The summed E-state index contributed by atoms with van der Waals surface area (Å²) in [4.78, 5) is 17.6. The summed E-state index contributed by atoms with van der Waals surface area (Å²) in [6.07, 6.45) is 7.67. The van der Waals surface area contributed by atoms with Gasteiger partial charge in [-0.25, -0.2) is 4.79 Å². The number of aliphatic imine (C=N–C) groups is 1. The summed E-state index contributed by atoms with van der Waals surface area (Å²) in [6, 6.07) is 19.5. The van der Waals surface area contributed by atoms with Gasteiger partial charge in [0.1, 0.15) is 0 Å². The number of benzene rings is 2. The predicted octanol–water partition coefficient (Wildman–Crippen LogP) is 4.43. The fourth-order valence-electron chi connectivity index (χ4n) is 2.73. The standard InChI is InChI=1S/C23H23NO2/c1-4-17-23(18-5-2,22(25)26-6-3)24-21(19-13-9-7-10-14-19)20-15-11-8-12-16-20/h1,5,7-16H,2,6,17-18H2,3H3. The van der Waals surface area contributed by atoms with Crippen LogP contribution in [0, 0.1) is 12.3 Å². The first-order chi connectivity index (χ1) is 12.7. The molecule has 2 aromatic carbocycles. The second-order valence-corrected chi connectivity index (χ2v) is 5.82. The Morgan fingerprint density at radius 1 is 1.15 bits per heavy atom. The van der Waals surface area contributed by atoms with E-state index in [9.17, 15) is 4.79 Å². The summed E-state index contributed by atoms with van der Waals surface area (Å²) in [5.74, 6) is 2.16. The molecule has 0 aliphatic rings. The van der Waals surface area contributed by atoms with Crippen molar-refractivity contribution in [2.45, 2.75) is 25.3 Å². The lowest BCUT2D eigenvalue weighted by Gasteiger charge is -2.26. The van der Waals surface area contributed by atoms with Crippen LogP contribution in [-0.4, -0.2) is 23.8 Å². The topological polar surface area (TPSA) is 38.7 Å². The van der Waals surface area contributed by atoms with Crippen LogP contribution < -0.4 is 0 Å². The van der Waals surface area contributed by atoms with Crippen molar-refractivity contribution in [3.05, 3.63) is 84.4 Å². The van der Waals surface area contributed by atoms with E-state index in [0.29, 0.717) is 12.1 Å². The smallest absolute Gasteiger partial charge is 0.335 e. The Morgan fingerprint density at radius 3 is 2.12 bits per heavy atom. The highest BCUT2D eigenvalue weighted by atomic mass is 16.5. The summed E-state index contributed by atoms with van der Waals surface area (Å²) in [5, 5.41) is 0. The van der Waals surface area contributed by atoms with Crippen molar-refractivity contribution in [2.75, 3.05) is 6.61 Å². The first-order valence-corrected chi connectivity index (χ1v) is 8.59. The molecule has 132 valence electrons. The number of terminal acetylenes is 1. The second-order valence-electron chi connectivity index (χ2n) is 5.82. The first-order valence-electron chi connectivity index (χ1n) is 8.59. The molecule has 0 aliphatic heterocycles. The lowest BCUT2D eigenvalue weighted by molar-refractivity contribution is -0.149. The van der Waals surface area contributed by atoms with Crippen molar-refractivity contribution in [3.63, 3.8) is 0 Å². The largest absolute Gasteiger partial charge is 0.464 e. The molecular weight excluding hydrogens is 322 g/mol. The van der Waals surface area contributed by atoms with Gasteiger partial charge in [0.05, 0.1) is 12.3 Å². The fraction of sp³-hybridized carbons (Fsp3) is 0.217. The first kappa shape index (κ1) is 19.2. The molecule has 0 fully saturated rings. The quantitative estimate of drug-likeness (QED) is 0.307. The molecule has 26 heavy (non-hydrogen) atoms. The Bertz CT molecular complexity index is 762. The zero-order valence-electron chi connectivity index (χ0n) is 15.0. The van der Waals surface area contributed by atoms with E-state index in [1.54, 1.807) is 13.0 Å². The van der Waals surface area contributed by atoms with Gasteiger partial charge in [-0.2, -0.15) is 0 Å². The molecule has 0 bridgehead atoms. The highest BCUT2D eigenvalue weighted by Gasteiger charge is 2.38. The van der Waals surface area contributed by atoms with Gasteiger partial charge in [0.25, 0.3) is 0 Å². The molecular formula is C23H23NO2. The number of carbonyl (C=O) groups excluding carboxylic acids is 1. The maximum atomic E-state index is 12.8. The molecule has 0 spiro atoms. The van der Waals surface area contributed by atoms with E-state index in [4.69, 9.17) is 16.2 Å². The lowest BCUT2D eigenvalue weighted by atomic mass is 9.90. The minimum atomic E-state index is -1.19. The van der Waals surface area contributed by atoms with Crippen molar-refractivity contribution in [1.29, 1.82) is 0 Å². The maximum Gasteiger partial charge on any atom is 0.335 e. The molecule has 3 heteroatoms. The highest BCUT2D eigenvalue weighted by Crippen LogP contribution is 2.26. The van der Waals surface area contributed by atoms with Crippen LogP contribution in [0.15, 0.2) is 78.3 Å². The molecule has 0 radical (unpaired) electrons. The summed E-state index contributed by atoms with van der Waals surface area (Å²) in [5.41, 5.74) is 1.34. The molecule has 2 aromatic rings. The van der Waals surface area contributed by atoms with Gasteiger partial charge in [-0.3, -0.25) is 4.99 Å². The van der Waals surface area contributed by atoms with Gasteiger partial charge in [0.15, 0.2) is 5.54 Å².